The minimum atomic E-state index is -3.45. The molecule has 0 aromatic heterocycles. The van der Waals surface area contributed by atoms with E-state index >= 15 is 0 Å². The number of thiocarbonyl (C=S) groups is 1. The van der Waals surface area contributed by atoms with Crippen LogP contribution in [0, 0.1) is 0 Å². The van der Waals surface area contributed by atoms with E-state index in [0.29, 0.717) is 12.8 Å². The molecule has 8 heteroatoms. The van der Waals surface area contributed by atoms with Crippen LogP contribution in [0.1, 0.15) is 12.8 Å². The summed E-state index contributed by atoms with van der Waals surface area (Å²) in [6.45, 7) is 0.191. The van der Waals surface area contributed by atoms with E-state index < -0.39 is 10.0 Å². The summed E-state index contributed by atoms with van der Waals surface area (Å²) in [5, 5.41) is 2.65. The predicted molar refractivity (Wildman–Crippen MR) is 59.7 cm³/mol. The summed E-state index contributed by atoms with van der Waals surface area (Å²) in [6.07, 6.45) is 1.09. The summed E-state index contributed by atoms with van der Waals surface area (Å²) < 4.78 is 24.9. The molecule has 0 aliphatic carbocycles. The molecule has 1 amide bonds. The van der Waals surface area contributed by atoms with E-state index in [4.69, 9.17) is 5.73 Å². The molecule has 1 unspecified atom stereocenters. The Morgan fingerprint density at radius 3 is 2.80 bits per heavy atom. The lowest BCUT2D eigenvalue weighted by atomic mass is 10.2. The number of amides is 1. The molecule has 4 N–H and O–H groups in total. The van der Waals surface area contributed by atoms with Gasteiger partial charge in [0.15, 0.2) is 0 Å². The number of hydrogen-bond acceptors (Lipinski definition) is 4. The van der Waals surface area contributed by atoms with Crippen molar-refractivity contribution in [1.82, 2.24) is 10.0 Å². The molecule has 1 saturated heterocycles. The molecule has 0 aromatic carbocycles. The van der Waals surface area contributed by atoms with Gasteiger partial charge in [-0.05, 0) is 6.42 Å². The summed E-state index contributed by atoms with van der Waals surface area (Å²) in [7, 11) is -3.45. The van der Waals surface area contributed by atoms with Gasteiger partial charge in [0.2, 0.25) is 15.9 Å². The molecule has 0 aromatic rings. The first kappa shape index (κ1) is 12.3. The van der Waals surface area contributed by atoms with Crippen LogP contribution in [0.25, 0.3) is 0 Å². The maximum Gasteiger partial charge on any atom is 0.220 e. The van der Waals surface area contributed by atoms with Crippen LogP contribution in [0.5, 0.6) is 0 Å². The zero-order valence-electron chi connectivity index (χ0n) is 8.02. The highest BCUT2D eigenvalue weighted by Gasteiger charge is 2.22. The van der Waals surface area contributed by atoms with Crippen LogP contribution in [0.15, 0.2) is 0 Å². The topological polar surface area (TPSA) is 101 Å². The minimum absolute atomic E-state index is 0.0476. The average molecular weight is 251 g/mol. The Morgan fingerprint density at radius 1 is 1.67 bits per heavy atom. The lowest BCUT2D eigenvalue weighted by molar-refractivity contribution is -0.119. The van der Waals surface area contributed by atoms with E-state index in [9.17, 15) is 13.2 Å². The minimum Gasteiger partial charge on any atom is -0.392 e. The molecular weight excluding hydrogens is 238 g/mol. The molecular formula is C7H13N3O3S2. The predicted octanol–water partition coefficient (Wildman–Crippen LogP) is -1.53. The van der Waals surface area contributed by atoms with Gasteiger partial charge in [0.05, 0.1) is 4.99 Å². The Balaban J connectivity index is 2.36. The smallest absolute Gasteiger partial charge is 0.220 e. The Hall–Kier alpha value is -0.730. The second kappa shape index (κ2) is 4.86. The van der Waals surface area contributed by atoms with Crippen LogP contribution in [0.2, 0.25) is 0 Å². The van der Waals surface area contributed by atoms with Gasteiger partial charge in [-0.1, -0.05) is 12.2 Å². The summed E-state index contributed by atoms with van der Waals surface area (Å²) in [6, 6.07) is -0.126. The van der Waals surface area contributed by atoms with Gasteiger partial charge >= 0.3 is 0 Å². The summed E-state index contributed by atoms with van der Waals surface area (Å²) in [4.78, 5) is 10.8. The van der Waals surface area contributed by atoms with Crippen LogP contribution in [-0.2, 0) is 14.8 Å². The van der Waals surface area contributed by atoms with Crippen LogP contribution in [0.3, 0.4) is 0 Å². The van der Waals surface area contributed by atoms with E-state index in [1.165, 1.54) is 0 Å². The number of carbonyl (C=O) groups is 1. The Kier molecular flexibility index (Phi) is 4.00. The van der Waals surface area contributed by atoms with Gasteiger partial charge in [-0.2, -0.15) is 0 Å². The van der Waals surface area contributed by atoms with Crippen molar-refractivity contribution in [1.29, 1.82) is 0 Å². The van der Waals surface area contributed by atoms with E-state index in [1.54, 1.807) is 0 Å². The lowest BCUT2D eigenvalue weighted by Gasteiger charge is -2.11. The highest BCUT2D eigenvalue weighted by Crippen LogP contribution is 2.05. The fourth-order valence-corrected chi connectivity index (χ4v) is 2.69. The molecule has 1 fully saturated rings. The zero-order valence-corrected chi connectivity index (χ0v) is 9.66. The van der Waals surface area contributed by atoms with Gasteiger partial charge < -0.3 is 11.1 Å². The highest BCUT2D eigenvalue weighted by molar-refractivity contribution is 7.92. The standard InChI is InChI=1S/C7H13N3O3S2/c8-6(14)4-15(12,13)9-3-5-1-2-7(11)10-5/h5,9H,1-4H2,(H2,8,14)(H,10,11). The van der Waals surface area contributed by atoms with Crippen molar-refractivity contribution < 1.29 is 13.2 Å². The van der Waals surface area contributed by atoms with Gasteiger partial charge in [0.1, 0.15) is 5.75 Å². The molecule has 0 spiro atoms. The van der Waals surface area contributed by atoms with Gasteiger partial charge in [-0.3, -0.25) is 4.79 Å². The van der Waals surface area contributed by atoms with Gasteiger partial charge in [0, 0.05) is 19.0 Å². The third kappa shape index (κ3) is 4.54. The summed E-state index contributed by atoms with van der Waals surface area (Å²) in [5.74, 6) is -0.406. The maximum atomic E-state index is 11.3. The van der Waals surface area contributed by atoms with Crippen molar-refractivity contribution in [2.24, 2.45) is 5.73 Å². The fourth-order valence-electron chi connectivity index (χ4n) is 1.30. The maximum absolute atomic E-state index is 11.3. The van der Waals surface area contributed by atoms with Crippen molar-refractivity contribution in [3.8, 4) is 0 Å². The molecule has 86 valence electrons. The van der Waals surface area contributed by atoms with Crippen molar-refractivity contribution in [3.05, 3.63) is 0 Å². The van der Waals surface area contributed by atoms with E-state index in [1.807, 2.05) is 0 Å². The van der Waals surface area contributed by atoms with Crippen LogP contribution >= 0.6 is 12.2 Å². The molecule has 0 radical (unpaired) electrons. The second-order valence-corrected chi connectivity index (χ2v) is 5.71. The normalized spacial score (nSPS) is 21.3. The molecule has 0 saturated carbocycles. The molecule has 15 heavy (non-hydrogen) atoms. The highest BCUT2D eigenvalue weighted by atomic mass is 32.2. The molecule has 1 aliphatic rings. The number of nitrogens with two attached hydrogens (primary N) is 1. The van der Waals surface area contributed by atoms with Gasteiger partial charge in [-0.15, -0.1) is 0 Å². The molecule has 1 aliphatic heterocycles. The SMILES string of the molecule is NC(=S)CS(=O)(=O)NCC1CCC(=O)N1. The van der Waals surface area contributed by atoms with Crippen LogP contribution < -0.4 is 15.8 Å². The molecule has 0 bridgehead atoms. The average Bonchev–Trinajstić information content (AvgIpc) is 2.46. The monoisotopic (exact) mass is 251 g/mol. The van der Waals surface area contributed by atoms with Gasteiger partial charge in [0.25, 0.3) is 0 Å². The number of carbonyl (C=O) groups excluding carboxylic acids is 1. The summed E-state index contributed by atoms with van der Waals surface area (Å²) in [5.41, 5.74) is 5.13. The molecule has 1 atom stereocenters. The second-order valence-electron chi connectivity index (χ2n) is 3.38. The fraction of sp³-hybridized carbons (Fsp3) is 0.714. The van der Waals surface area contributed by atoms with Crippen molar-refractivity contribution in [2.75, 3.05) is 12.3 Å². The number of hydrogen-bond donors (Lipinski definition) is 3. The first-order valence-corrected chi connectivity index (χ1v) is 6.50. The Bertz CT molecular complexity index is 366. The molecule has 1 heterocycles. The number of rotatable bonds is 5. The van der Waals surface area contributed by atoms with Crippen molar-refractivity contribution in [3.63, 3.8) is 0 Å². The van der Waals surface area contributed by atoms with E-state index in [2.05, 4.69) is 22.3 Å². The quantitative estimate of drug-likeness (QED) is 0.515. The number of nitrogens with one attached hydrogen (secondary N) is 2. The first-order valence-electron chi connectivity index (χ1n) is 4.44. The van der Waals surface area contributed by atoms with Crippen LogP contribution in [0.4, 0.5) is 0 Å². The third-order valence-corrected chi connectivity index (χ3v) is 3.59. The lowest BCUT2D eigenvalue weighted by Crippen LogP contribution is -2.40. The Labute approximate surface area is 93.6 Å². The van der Waals surface area contributed by atoms with E-state index in [-0.39, 0.29) is 29.2 Å². The molecule has 6 nitrogen and oxygen atoms in total. The van der Waals surface area contributed by atoms with E-state index in [0.717, 1.165) is 0 Å². The third-order valence-electron chi connectivity index (χ3n) is 1.97. The van der Waals surface area contributed by atoms with Gasteiger partial charge in [-0.25, -0.2) is 13.1 Å². The number of sulfonamides is 1. The van der Waals surface area contributed by atoms with Crippen molar-refractivity contribution >= 4 is 33.1 Å². The first-order chi connectivity index (χ1) is 6.89. The Morgan fingerprint density at radius 2 is 2.33 bits per heavy atom. The summed E-state index contributed by atoms with van der Waals surface area (Å²) >= 11 is 4.50. The largest absolute Gasteiger partial charge is 0.392 e. The zero-order chi connectivity index (χ0) is 11.5. The van der Waals surface area contributed by atoms with Crippen LogP contribution in [-0.4, -0.2) is 37.7 Å². The van der Waals surface area contributed by atoms with Crippen molar-refractivity contribution in [2.45, 2.75) is 18.9 Å². The molecule has 1 rings (SSSR count).